The summed E-state index contributed by atoms with van der Waals surface area (Å²) in [6.45, 7) is 13.3. The van der Waals surface area contributed by atoms with E-state index in [4.69, 9.17) is 4.74 Å². The number of rotatable bonds is 5. The molecule has 2 nitrogen and oxygen atoms in total. The van der Waals surface area contributed by atoms with E-state index < -0.39 is 0 Å². The second-order valence-corrected chi connectivity index (χ2v) is 13.1. The molecule has 1 heterocycles. The summed E-state index contributed by atoms with van der Waals surface area (Å²) >= 11 is 0. The van der Waals surface area contributed by atoms with Crippen LogP contribution in [0.4, 0.5) is 0 Å². The monoisotopic (exact) mass is 414 g/mol. The highest BCUT2D eigenvalue weighted by Gasteiger charge is 2.69. The average Bonchev–Trinajstić information content (AvgIpc) is 3.40. The minimum atomic E-state index is -0.345. The lowest BCUT2D eigenvalue weighted by Gasteiger charge is -2.61. The van der Waals surface area contributed by atoms with Gasteiger partial charge in [0.15, 0.2) is 11.4 Å². The van der Waals surface area contributed by atoms with Gasteiger partial charge >= 0.3 is 0 Å². The van der Waals surface area contributed by atoms with Crippen molar-refractivity contribution in [1.29, 1.82) is 0 Å². The van der Waals surface area contributed by atoms with Gasteiger partial charge in [0.1, 0.15) is 0 Å². The first kappa shape index (κ1) is 21.5. The van der Waals surface area contributed by atoms with Gasteiger partial charge in [-0.3, -0.25) is 4.79 Å². The topological polar surface area (TPSA) is 29.6 Å². The van der Waals surface area contributed by atoms with Crippen LogP contribution in [0.1, 0.15) is 105 Å². The Morgan fingerprint density at radius 3 is 2.37 bits per heavy atom. The van der Waals surface area contributed by atoms with Crippen molar-refractivity contribution in [3.63, 3.8) is 0 Å². The highest BCUT2D eigenvalue weighted by molar-refractivity contribution is 5.91. The van der Waals surface area contributed by atoms with Crippen molar-refractivity contribution in [2.75, 3.05) is 6.61 Å². The van der Waals surface area contributed by atoms with Crippen LogP contribution in [-0.2, 0) is 9.53 Å². The number of hydrogen-bond acceptors (Lipinski definition) is 2. The highest BCUT2D eigenvalue weighted by atomic mass is 16.6. The van der Waals surface area contributed by atoms with E-state index >= 15 is 0 Å². The van der Waals surface area contributed by atoms with Gasteiger partial charge in [0.05, 0.1) is 6.61 Å². The van der Waals surface area contributed by atoms with Crippen molar-refractivity contribution < 1.29 is 9.53 Å². The van der Waals surface area contributed by atoms with Crippen LogP contribution in [0.5, 0.6) is 0 Å². The van der Waals surface area contributed by atoms with Gasteiger partial charge in [0, 0.05) is 12.3 Å². The van der Waals surface area contributed by atoms with Crippen molar-refractivity contribution in [2.24, 2.45) is 52.3 Å². The lowest BCUT2D eigenvalue weighted by atomic mass is 9.43. The fourth-order valence-electron chi connectivity index (χ4n) is 9.83. The van der Waals surface area contributed by atoms with E-state index in [-0.39, 0.29) is 5.60 Å². The van der Waals surface area contributed by atoms with Crippen molar-refractivity contribution >= 4 is 5.78 Å². The molecule has 170 valence electrons. The molecule has 5 fully saturated rings. The van der Waals surface area contributed by atoms with Crippen molar-refractivity contribution in [3.05, 3.63) is 0 Å². The third kappa shape index (κ3) is 3.01. The van der Waals surface area contributed by atoms with Crippen LogP contribution in [-0.4, -0.2) is 18.0 Å². The zero-order valence-electron chi connectivity index (χ0n) is 20.3. The number of Topliss-reactive ketones (excluding diaryl/α,β-unsaturated/α-hetero) is 1. The lowest BCUT2D eigenvalue weighted by molar-refractivity contribution is -0.155. The first-order valence-corrected chi connectivity index (χ1v) is 13.4. The van der Waals surface area contributed by atoms with E-state index in [2.05, 4.69) is 34.6 Å². The smallest absolute Gasteiger partial charge is 0.167 e. The predicted octanol–water partition coefficient (Wildman–Crippen LogP) is 7.06. The molecule has 1 saturated heterocycles. The maximum absolute atomic E-state index is 12.7. The number of hydrogen-bond donors (Lipinski definition) is 0. The molecule has 4 saturated carbocycles. The third-order valence-corrected chi connectivity index (χ3v) is 11.5. The van der Waals surface area contributed by atoms with Crippen LogP contribution in [0.25, 0.3) is 0 Å². The maximum atomic E-state index is 12.7. The number of ketones is 1. The number of carbonyl (C=O) groups excluding carboxylic acids is 1. The summed E-state index contributed by atoms with van der Waals surface area (Å²) in [4.78, 5) is 12.7. The molecular weight excluding hydrogens is 368 g/mol. The van der Waals surface area contributed by atoms with Gasteiger partial charge in [-0.05, 0) is 91.3 Å². The molecule has 4 aliphatic carbocycles. The van der Waals surface area contributed by atoms with Gasteiger partial charge in [-0.1, -0.05) is 53.9 Å². The molecule has 0 unspecified atom stereocenters. The Bertz CT molecular complexity index is 678. The Morgan fingerprint density at radius 1 is 0.933 bits per heavy atom. The molecule has 5 aliphatic rings. The molecule has 0 aromatic heterocycles. The first-order chi connectivity index (χ1) is 14.2. The van der Waals surface area contributed by atoms with Crippen molar-refractivity contribution in [2.45, 2.75) is 111 Å². The average molecular weight is 415 g/mol. The Hall–Kier alpha value is -0.370. The summed E-state index contributed by atoms with van der Waals surface area (Å²) in [5.74, 6) is 6.27. The zero-order chi connectivity index (χ0) is 21.3. The molecule has 0 aromatic rings. The minimum Gasteiger partial charge on any atom is -0.361 e. The summed E-state index contributed by atoms with van der Waals surface area (Å²) < 4.78 is 5.92. The van der Waals surface area contributed by atoms with Crippen LogP contribution in [0.2, 0.25) is 0 Å². The van der Waals surface area contributed by atoms with Gasteiger partial charge in [0.2, 0.25) is 0 Å². The van der Waals surface area contributed by atoms with E-state index in [1.165, 1.54) is 57.8 Å². The summed E-state index contributed by atoms with van der Waals surface area (Å²) in [5, 5.41) is 0. The van der Waals surface area contributed by atoms with E-state index in [0.29, 0.717) is 22.5 Å². The molecule has 30 heavy (non-hydrogen) atoms. The Balaban J connectivity index is 1.32. The number of ether oxygens (including phenoxy) is 1. The summed E-state index contributed by atoms with van der Waals surface area (Å²) in [6.07, 6.45) is 14.5. The van der Waals surface area contributed by atoms with Gasteiger partial charge in [0.25, 0.3) is 0 Å². The molecule has 1 spiro atoms. The van der Waals surface area contributed by atoms with Gasteiger partial charge < -0.3 is 4.74 Å². The normalized spacial score (nSPS) is 50.9. The van der Waals surface area contributed by atoms with Gasteiger partial charge in [-0.15, -0.1) is 0 Å². The zero-order valence-corrected chi connectivity index (χ0v) is 20.3. The quantitative estimate of drug-likeness (QED) is 0.451. The molecule has 1 aliphatic heterocycles. The summed E-state index contributed by atoms with van der Waals surface area (Å²) in [5.41, 5.74) is 0.567. The second kappa shape index (κ2) is 7.32. The van der Waals surface area contributed by atoms with Crippen LogP contribution in [0.15, 0.2) is 0 Å². The third-order valence-electron chi connectivity index (χ3n) is 11.5. The molecule has 0 radical (unpaired) electrons. The predicted molar refractivity (Wildman–Crippen MR) is 122 cm³/mol. The molecule has 5 rings (SSSR count). The fraction of sp³-hybridized carbons (Fsp3) is 0.964. The molecule has 9 atom stereocenters. The summed E-state index contributed by atoms with van der Waals surface area (Å²) in [7, 11) is 0. The largest absolute Gasteiger partial charge is 0.361 e. The van der Waals surface area contributed by atoms with Gasteiger partial charge in [-0.25, -0.2) is 0 Å². The Morgan fingerprint density at radius 2 is 1.67 bits per heavy atom. The number of fused-ring (bicyclic) bond motifs is 6. The fourth-order valence-corrected chi connectivity index (χ4v) is 9.83. The molecule has 2 heteroatoms. The van der Waals surface area contributed by atoms with E-state index in [1.807, 2.05) is 0 Å². The Kier molecular flexibility index (Phi) is 5.24. The SMILES string of the molecule is CC(C)CCC[C@@H](C)[C@H]1CC[C@H]2[C@@H]3CC[C@@H]4[C@](C)(CCC(=O)[C@@]45CO5)[C@H]3CC[C@]12C. The van der Waals surface area contributed by atoms with E-state index in [9.17, 15) is 4.79 Å². The lowest BCUT2D eigenvalue weighted by Crippen LogP contribution is -2.59. The van der Waals surface area contributed by atoms with Crippen LogP contribution in [0, 0.1) is 52.3 Å². The first-order valence-electron chi connectivity index (χ1n) is 13.4. The maximum Gasteiger partial charge on any atom is 0.167 e. The molecule has 0 aromatic carbocycles. The number of epoxide rings is 1. The van der Waals surface area contributed by atoms with E-state index in [1.54, 1.807) is 0 Å². The number of carbonyl (C=O) groups is 1. The second-order valence-electron chi connectivity index (χ2n) is 13.1. The molecular formula is C28H46O2. The molecule has 0 amide bonds. The minimum absolute atomic E-state index is 0.343. The standard InChI is InChI=1S/C28H46O2/c1-18(2)7-6-8-19(3)21-10-11-22-20-9-12-24-27(5,23(20)13-15-26(21,22)4)16-14-25(29)28(24)17-30-28/h18-24H,6-17H2,1-5H3/t19-,20+,21-,22+,23+,24-,26-,27-,28-/m1/s1. The van der Waals surface area contributed by atoms with Crippen LogP contribution >= 0.6 is 0 Å². The highest BCUT2D eigenvalue weighted by Crippen LogP contribution is 2.70. The van der Waals surface area contributed by atoms with Gasteiger partial charge in [-0.2, -0.15) is 0 Å². The van der Waals surface area contributed by atoms with Crippen molar-refractivity contribution in [1.82, 2.24) is 0 Å². The van der Waals surface area contributed by atoms with E-state index in [0.717, 1.165) is 55.0 Å². The van der Waals surface area contributed by atoms with Crippen LogP contribution in [0.3, 0.4) is 0 Å². The molecule has 0 bridgehead atoms. The molecule has 0 N–H and O–H groups in total. The summed E-state index contributed by atoms with van der Waals surface area (Å²) in [6, 6.07) is 0. The Labute approximate surface area is 185 Å². The van der Waals surface area contributed by atoms with Crippen molar-refractivity contribution in [3.8, 4) is 0 Å². The van der Waals surface area contributed by atoms with Crippen LogP contribution < -0.4 is 0 Å².